The van der Waals surface area contributed by atoms with E-state index in [9.17, 15) is 8.78 Å². The summed E-state index contributed by atoms with van der Waals surface area (Å²) in [6.45, 7) is 1.91. The van der Waals surface area contributed by atoms with Crippen LogP contribution < -0.4 is 11.3 Å². The summed E-state index contributed by atoms with van der Waals surface area (Å²) in [4.78, 5) is 0. The summed E-state index contributed by atoms with van der Waals surface area (Å²) in [5.41, 5.74) is 4.23. The van der Waals surface area contributed by atoms with Crippen LogP contribution in [0.15, 0.2) is 34.8 Å². The monoisotopic (exact) mass is 374 g/mol. The van der Waals surface area contributed by atoms with Gasteiger partial charge in [-0.2, -0.15) is 0 Å². The standard InChI is InChI=1S/C15H14BrClF2N2/c1-8-2-3-9(12(17)6-8)14(21-20)7-10-13(18)5-4-11(16)15(10)19/h2-6,14,21H,7,20H2,1H3. The summed E-state index contributed by atoms with van der Waals surface area (Å²) in [5, 5.41) is 0.508. The van der Waals surface area contributed by atoms with Crippen molar-refractivity contribution in [3.05, 3.63) is 68.2 Å². The number of nitrogens with one attached hydrogen (secondary N) is 1. The highest BCUT2D eigenvalue weighted by atomic mass is 79.9. The molecule has 2 nitrogen and oxygen atoms in total. The number of nitrogens with two attached hydrogens (primary N) is 1. The highest BCUT2D eigenvalue weighted by Gasteiger charge is 2.20. The number of halogens is 4. The van der Waals surface area contributed by atoms with E-state index in [0.29, 0.717) is 10.6 Å². The fraction of sp³-hybridized carbons (Fsp3) is 0.200. The zero-order valence-corrected chi connectivity index (χ0v) is 13.6. The SMILES string of the molecule is Cc1ccc(C(Cc2c(F)ccc(Br)c2F)NN)c(Cl)c1. The van der Waals surface area contributed by atoms with E-state index in [2.05, 4.69) is 21.4 Å². The lowest BCUT2D eigenvalue weighted by Gasteiger charge is -2.19. The Hall–Kier alpha value is -1.01. The topological polar surface area (TPSA) is 38.0 Å². The van der Waals surface area contributed by atoms with Crippen molar-refractivity contribution in [2.45, 2.75) is 19.4 Å². The summed E-state index contributed by atoms with van der Waals surface area (Å²) in [5.74, 6) is 4.29. The van der Waals surface area contributed by atoms with Gasteiger partial charge in [-0.3, -0.25) is 11.3 Å². The molecule has 6 heteroatoms. The Morgan fingerprint density at radius 3 is 2.62 bits per heavy atom. The second-order valence-corrected chi connectivity index (χ2v) is 6.03. The summed E-state index contributed by atoms with van der Waals surface area (Å²) in [7, 11) is 0. The molecular formula is C15H14BrClF2N2. The largest absolute Gasteiger partial charge is 0.271 e. The number of hydrogen-bond acceptors (Lipinski definition) is 2. The van der Waals surface area contributed by atoms with Gasteiger partial charge in [-0.1, -0.05) is 23.7 Å². The first-order chi connectivity index (χ1) is 9.93. The van der Waals surface area contributed by atoms with E-state index in [0.717, 1.165) is 5.56 Å². The molecule has 0 aromatic heterocycles. The minimum Gasteiger partial charge on any atom is -0.271 e. The van der Waals surface area contributed by atoms with Gasteiger partial charge >= 0.3 is 0 Å². The molecule has 0 aliphatic carbocycles. The second-order valence-electron chi connectivity index (χ2n) is 4.77. The maximum atomic E-state index is 14.1. The van der Waals surface area contributed by atoms with Crippen molar-refractivity contribution in [2.75, 3.05) is 0 Å². The van der Waals surface area contributed by atoms with Crippen molar-refractivity contribution in [1.29, 1.82) is 0 Å². The van der Waals surface area contributed by atoms with Crippen LogP contribution in [0.25, 0.3) is 0 Å². The number of aryl methyl sites for hydroxylation is 1. The summed E-state index contributed by atoms with van der Waals surface area (Å²) >= 11 is 9.24. The quantitative estimate of drug-likeness (QED) is 0.471. The normalized spacial score (nSPS) is 12.5. The summed E-state index contributed by atoms with van der Waals surface area (Å²) in [6.07, 6.45) is 0.0520. The van der Waals surface area contributed by atoms with Crippen LogP contribution in [0.4, 0.5) is 8.78 Å². The van der Waals surface area contributed by atoms with Crippen molar-refractivity contribution in [2.24, 2.45) is 5.84 Å². The molecule has 0 bridgehead atoms. The van der Waals surface area contributed by atoms with E-state index >= 15 is 0 Å². The van der Waals surface area contributed by atoms with Crippen LogP contribution in [-0.4, -0.2) is 0 Å². The third kappa shape index (κ3) is 3.61. The van der Waals surface area contributed by atoms with E-state index in [1.807, 2.05) is 13.0 Å². The van der Waals surface area contributed by atoms with Crippen molar-refractivity contribution in [1.82, 2.24) is 5.43 Å². The molecule has 0 spiro atoms. The van der Waals surface area contributed by atoms with E-state index in [4.69, 9.17) is 17.4 Å². The van der Waals surface area contributed by atoms with Crippen LogP contribution in [0.3, 0.4) is 0 Å². The molecule has 2 aromatic carbocycles. The third-order valence-electron chi connectivity index (χ3n) is 3.28. The van der Waals surface area contributed by atoms with Gasteiger partial charge in [-0.05, 0) is 58.6 Å². The van der Waals surface area contributed by atoms with Gasteiger partial charge in [-0.25, -0.2) is 8.78 Å². The van der Waals surface area contributed by atoms with Crippen molar-refractivity contribution >= 4 is 27.5 Å². The Kier molecular flexibility index (Phi) is 5.32. The summed E-state index contributed by atoms with van der Waals surface area (Å²) in [6, 6.07) is 7.52. The molecule has 0 amide bonds. The predicted molar refractivity (Wildman–Crippen MR) is 84.0 cm³/mol. The van der Waals surface area contributed by atoms with Crippen LogP contribution in [-0.2, 0) is 6.42 Å². The Morgan fingerprint density at radius 2 is 2.00 bits per heavy atom. The van der Waals surface area contributed by atoms with Crippen molar-refractivity contribution < 1.29 is 8.78 Å². The molecule has 0 aliphatic rings. The Labute approximate surface area is 135 Å². The van der Waals surface area contributed by atoms with Crippen LogP contribution in [0.5, 0.6) is 0 Å². The van der Waals surface area contributed by atoms with Crippen molar-refractivity contribution in [3.8, 4) is 0 Å². The second kappa shape index (κ2) is 6.83. The highest BCUT2D eigenvalue weighted by molar-refractivity contribution is 9.10. The fourth-order valence-corrected chi connectivity index (χ4v) is 2.87. The lowest BCUT2D eigenvalue weighted by molar-refractivity contribution is 0.498. The number of hydrogen-bond donors (Lipinski definition) is 2. The zero-order valence-electron chi connectivity index (χ0n) is 11.3. The molecule has 0 heterocycles. The van der Waals surface area contributed by atoms with Gasteiger partial charge in [0.25, 0.3) is 0 Å². The summed E-state index contributed by atoms with van der Waals surface area (Å²) < 4.78 is 28.1. The molecule has 3 N–H and O–H groups in total. The molecule has 112 valence electrons. The van der Waals surface area contributed by atoms with E-state index in [1.54, 1.807) is 12.1 Å². The molecule has 0 saturated heterocycles. The van der Waals surface area contributed by atoms with E-state index in [-0.39, 0.29) is 16.5 Å². The fourth-order valence-electron chi connectivity index (χ4n) is 2.13. The minimum absolute atomic E-state index is 0.0380. The minimum atomic E-state index is -0.626. The van der Waals surface area contributed by atoms with Crippen LogP contribution in [0.2, 0.25) is 5.02 Å². The van der Waals surface area contributed by atoms with Gasteiger partial charge in [0.15, 0.2) is 0 Å². The number of benzene rings is 2. The Bertz CT molecular complexity index is 664. The van der Waals surface area contributed by atoms with E-state index in [1.165, 1.54) is 12.1 Å². The molecule has 2 rings (SSSR count). The van der Waals surface area contributed by atoms with Gasteiger partial charge in [0.1, 0.15) is 11.6 Å². The molecule has 1 unspecified atom stereocenters. The lowest BCUT2D eigenvalue weighted by atomic mass is 9.98. The molecule has 0 fully saturated rings. The predicted octanol–water partition coefficient (Wildman–Crippen LogP) is 4.44. The molecule has 0 radical (unpaired) electrons. The van der Waals surface area contributed by atoms with Gasteiger partial charge in [0, 0.05) is 10.6 Å². The van der Waals surface area contributed by atoms with Gasteiger partial charge in [0.05, 0.1) is 10.5 Å². The lowest BCUT2D eigenvalue weighted by Crippen LogP contribution is -2.30. The Balaban J connectivity index is 2.38. The van der Waals surface area contributed by atoms with Gasteiger partial charge < -0.3 is 0 Å². The van der Waals surface area contributed by atoms with Crippen LogP contribution >= 0.6 is 27.5 Å². The van der Waals surface area contributed by atoms with Gasteiger partial charge in [-0.15, -0.1) is 0 Å². The van der Waals surface area contributed by atoms with Crippen LogP contribution in [0.1, 0.15) is 22.7 Å². The molecule has 0 aliphatic heterocycles. The average molecular weight is 376 g/mol. The average Bonchev–Trinajstić information content (AvgIpc) is 2.44. The first-order valence-electron chi connectivity index (χ1n) is 6.28. The van der Waals surface area contributed by atoms with Gasteiger partial charge in [0.2, 0.25) is 0 Å². The first-order valence-corrected chi connectivity index (χ1v) is 7.45. The maximum Gasteiger partial charge on any atom is 0.143 e. The molecule has 1 atom stereocenters. The maximum absolute atomic E-state index is 14.1. The van der Waals surface area contributed by atoms with Crippen LogP contribution in [0, 0.1) is 18.6 Å². The van der Waals surface area contributed by atoms with E-state index < -0.39 is 17.7 Å². The first kappa shape index (κ1) is 16.4. The number of rotatable bonds is 4. The smallest absolute Gasteiger partial charge is 0.143 e. The number of hydrazine groups is 1. The molecule has 0 saturated carbocycles. The molecule has 21 heavy (non-hydrogen) atoms. The zero-order chi connectivity index (χ0) is 15.6. The van der Waals surface area contributed by atoms with Crippen molar-refractivity contribution in [3.63, 3.8) is 0 Å². The Morgan fingerprint density at radius 1 is 1.29 bits per heavy atom. The third-order valence-corrected chi connectivity index (χ3v) is 4.22. The highest BCUT2D eigenvalue weighted by Crippen LogP contribution is 2.29. The molecular weight excluding hydrogens is 362 g/mol. The molecule has 2 aromatic rings.